The molecule has 1 amide bonds. The van der Waals surface area contributed by atoms with Crippen molar-refractivity contribution >= 4 is 17.3 Å². The molecule has 3 nitrogen and oxygen atoms in total. The summed E-state index contributed by atoms with van der Waals surface area (Å²) in [6.45, 7) is 1.63. The van der Waals surface area contributed by atoms with Crippen molar-refractivity contribution in [1.82, 2.24) is 0 Å². The number of amides is 1. The quantitative estimate of drug-likeness (QED) is 0.808. The molecule has 1 aromatic carbocycles. The Morgan fingerprint density at radius 1 is 1.00 bits per heavy atom. The number of rotatable bonds is 3. The van der Waals surface area contributed by atoms with Crippen LogP contribution in [-0.4, -0.2) is 19.0 Å². The molecule has 1 aliphatic heterocycles. The van der Waals surface area contributed by atoms with E-state index in [4.69, 9.17) is 0 Å². The Kier molecular flexibility index (Phi) is 5.54. The molecule has 0 unspecified atom stereocenters. The molecule has 0 radical (unpaired) electrons. The van der Waals surface area contributed by atoms with Crippen LogP contribution in [0.2, 0.25) is 0 Å². The molecule has 6 heteroatoms. The van der Waals surface area contributed by atoms with Gasteiger partial charge in [0, 0.05) is 19.0 Å². The smallest absolute Gasteiger partial charge is 0.370 e. The van der Waals surface area contributed by atoms with Gasteiger partial charge in [0.05, 0.1) is 16.9 Å². The third-order valence-electron chi connectivity index (χ3n) is 5.25. The Labute approximate surface area is 146 Å². The van der Waals surface area contributed by atoms with Crippen LogP contribution >= 0.6 is 0 Å². The maximum Gasteiger partial charge on any atom is 0.416 e. The number of alkyl halides is 3. The van der Waals surface area contributed by atoms with Crippen molar-refractivity contribution in [3.05, 3.63) is 23.8 Å². The van der Waals surface area contributed by atoms with Gasteiger partial charge in [0.2, 0.25) is 5.91 Å². The number of halogens is 3. The van der Waals surface area contributed by atoms with Gasteiger partial charge in [0.15, 0.2) is 0 Å². The van der Waals surface area contributed by atoms with Crippen LogP contribution in [0.25, 0.3) is 0 Å². The van der Waals surface area contributed by atoms with Gasteiger partial charge in [-0.1, -0.05) is 19.3 Å². The van der Waals surface area contributed by atoms with Crippen molar-refractivity contribution in [2.75, 3.05) is 23.3 Å². The molecule has 0 atom stereocenters. The van der Waals surface area contributed by atoms with Crippen molar-refractivity contribution in [2.24, 2.45) is 5.92 Å². The average molecular weight is 354 g/mol. The lowest BCUT2D eigenvalue weighted by atomic mass is 9.88. The highest BCUT2D eigenvalue weighted by Gasteiger charge is 2.32. The van der Waals surface area contributed by atoms with Gasteiger partial charge < -0.3 is 10.2 Å². The average Bonchev–Trinajstić information content (AvgIpc) is 2.62. The van der Waals surface area contributed by atoms with Crippen LogP contribution < -0.4 is 10.2 Å². The summed E-state index contributed by atoms with van der Waals surface area (Å²) in [6.07, 6.45) is 3.58. The number of carbonyl (C=O) groups excluding carboxylic acids is 1. The van der Waals surface area contributed by atoms with Crippen LogP contribution in [0.5, 0.6) is 0 Å². The van der Waals surface area contributed by atoms with Crippen molar-refractivity contribution < 1.29 is 18.0 Å². The van der Waals surface area contributed by atoms with Gasteiger partial charge in [-0.25, -0.2) is 0 Å². The van der Waals surface area contributed by atoms with E-state index < -0.39 is 11.7 Å². The largest absolute Gasteiger partial charge is 0.416 e. The molecule has 1 aliphatic carbocycles. The zero-order valence-electron chi connectivity index (χ0n) is 14.4. The second kappa shape index (κ2) is 7.67. The first-order valence-corrected chi connectivity index (χ1v) is 9.22. The van der Waals surface area contributed by atoms with Crippen LogP contribution in [0, 0.1) is 5.92 Å². The van der Waals surface area contributed by atoms with Gasteiger partial charge in [-0.15, -0.1) is 0 Å². The highest BCUT2D eigenvalue weighted by molar-refractivity contribution is 5.96. The Morgan fingerprint density at radius 2 is 1.64 bits per heavy atom. The predicted molar refractivity (Wildman–Crippen MR) is 92.7 cm³/mol. The molecule has 25 heavy (non-hydrogen) atoms. The second-order valence-corrected chi connectivity index (χ2v) is 7.10. The van der Waals surface area contributed by atoms with Crippen LogP contribution in [-0.2, 0) is 11.0 Å². The Hall–Kier alpha value is -1.72. The minimum absolute atomic E-state index is 0.0856. The molecule has 0 spiro atoms. The first-order chi connectivity index (χ1) is 11.9. The maximum absolute atomic E-state index is 13.1. The Morgan fingerprint density at radius 3 is 2.28 bits per heavy atom. The number of piperidine rings is 1. The summed E-state index contributed by atoms with van der Waals surface area (Å²) in [6, 6.07) is 3.70. The highest BCUT2D eigenvalue weighted by atomic mass is 19.4. The summed E-state index contributed by atoms with van der Waals surface area (Å²) >= 11 is 0. The van der Waals surface area contributed by atoms with Crippen molar-refractivity contribution in [2.45, 2.75) is 57.5 Å². The van der Waals surface area contributed by atoms with Crippen LogP contribution in [0.3, 0.4) is 0 Å². The van der Waals surface area contributed by atoms with Gasteiger partial charge >= 0.3 is 6.18 Å². The Bertz CT molecular complexity index is 603. The van der Waals surface area contributed by atoms with E-state index in [1.165, 1.54) is 6.07 Å². The zero-order chi connectivity index (χ0) is 17.9. The molecule has 3 rings (SSSR count). The van der Waals surface area contributed by atoms with Crippen molar-refractivity contribution in [3.8, 4) is 0 Å². The lowest BCUT2D eigenvalue weighted by Gasteiger charge is -2.31. The standard InChI is InChI=1S/C19H25F3N2O/c20-19(21,22)15-9-10-17(24-11-5-2-6-12-24)16(13-15)23-18(25)14-7-3-1-4-8-14/h9-10,13-14H,1-8,11-12H2,(H,23,25). The molecule has 1 heterocycles. The molecule has 2 fully saturated rings. The van der Waals surface area contributed by atoms with E-state index in [1.54, 1.807) is 0 Å². The van der Waals surface area contributed by atoms with Crippen LogP contribution in [0.15, 0.2) is 18.2 Å². The van der Waals surface area contributed by atoms with E-state index in [0.29, 0.717) is 11.4 Å². The van der Waals surface area contributed by atoms with Crippen molar-refractivity contribution in [1.29, 1.82) is 0 Å². The summed E-state index contributed by atoms with van der Waals surface area (Å²) in [4.78, 5) is 14.6. The molecule has 0 aromatic heterocycles. The van der Waals surface area contributed by atoms with Gasteiger partial charge in [-0.3, -0.25) is 4.79 Å². The number of nitrogens with one attached hydrogen (secondary N) is 1. The third-order valence-corrected chi connectivity index (χ3v) is 5.25. The fourth-order valence-corrected chi connectivity index (χ4v) is 3.82. The first kappa shape index (κ1) is 18.1. The Balaban J connectivity index is 1.85. The fraction of sp³-hybridized carbons (Fsp3) is 0.632. The summed E-state index contributed by atoms with van der Waals surface area (Å²) in [7, 11) is 0. The number of benzene rings is 1. The predicted octanol–water partition coefficient (Wildman–Crippen LogP) is 5.21. The lowest BCUT2D eigenvalue weighted by molar-refractivity contribution is -0.137. The van der Waals surface area contributed by atoms with Gasteiger partial charge in [0.1, 0.15) is 0 Å². The molecule has 0 bridgehead atoms. The summed E-state index contributed by atoms with van der Waals surface area (Å²) < 4.78 is 39.3. The van der Waals surface area contributed by atoms with E-state index in [1.807, 2.05) is 0 Å². The zero-order valence-corrected chi connectivity index (χ0v) is 14.4. The molecular weight excluding hydrogens is 329 g/mol. The maximum atomic E-state index is 13.1. The van der Waals surface area contributed by atoms with E-state index in [9.17, 15) is 18.0 Å². The van der Waals surface area contributed by atoms with Gasteiger partial charge in [0.25, 0.3) is 0 Å². The van der Waals surface area contributed by atoms with Crippen LogP contribution in [0.1, 0.15) is 56.9 Å². The minimum atomic E-state index is -4.41. The summed E-state index contributed by atoms with van der Waals surface area (Å²) in [5, 5.41) is 2.81. The number of hydrogen-bond donors (Lipinski definition) is 1. The second-order valence-electron chi connectivity index (χ2n) is 7.10. The van der Waals surface area contributed by atoms with E-state index in [0.717, 1.165) is 76.6 Å². The third kappa shape index (κ3) is 4.47. The van der Waals surface area contributed by atoms with Crippen LogP contribution in [0.4, 0.5) is 24.5 Å². The number of anilines is 2. The molecular formula is C19H25F3N2O. The molecule has 138 valence electrons. The normalized spacial score (nSPS) is 19.7. The van der Waals surface area contributed by atoms with E-state index >= 15 is 0 Å². The number of nitrogens with zero attached hydrogens (tertiary/aromatic N) is 1. The van der Waals surface area contributed by atoms with Gasteiger partial charge in [-0.2, -0.15) is 13.2 Å². The van der Waals surface area contributed by atoms with E-state index in [-0.39, 0.29) is 11.8 Å². The highest BCUT2D eigenvalue weighted by Crippen LogP contribution is 2.37. The molecule has 1 aromatic rings. The number of carbonyl (C=O) groups is 1. The van der Waals surface area contributed by atoms with Crippen molar-refractivity contribution in [3.63, 3.8) is 0 Å². The number of hydrogen-bond acceptors (Lipinski definition) is 2. The fourth-order valence-electron chi connectivity index (χ4n) is 3.82. The molecule has 1 saturated heterocycles. The monoisotopic (exact) mass is 354 g/mol. The molecule has 2 aliphatic rings. The topological polar surface area (TPSA) is 32.3 Å². The molecule has 1 N–H and O–H groups in total. The van der Waals surface area contributed by atoms with Gasteiger partial charge in [-0.05, 0) is 50.3 Å². The molecule has 1 saturated carbocycles. The minimum Gasteiger partial charge on any atom is -0.370 e. The SMILES string of the molecule is O=C(Nc1cc(C(F)(F)F)ccc1N1CCCCC1)C1CCCCC1. The first-order valence-electron chi connectivity index (χ1n) is 9.22. The lowest BCUT2D eigenvalue weighted by Crippen LogP contribution is -2.31. The summed E-state index contributed by atoms with van der Waals surface area (Å²) in [5.74, 6) is -0.227. The van der Waals surface area contributed by atoms with E-state index in [2.05, 4.69) is 10.2 Å². The summed E-state index contributed by atoms with van der Waals surface area (Å²) in [5.41, 5.74) is 0.288.